The minimum Gasteiger partial charge on any atom is -0.478 e. The number of nitrogens with one attached hydrogen (secondary N) is 1. The Morgan fingerprint density at radius 2 is 1.86 bits per heavy atom. The van der Waals surface area contributed by atoms with Crippen molar-refractivity contribution in [3.63, 3.8) is 0 Å². The Morgan fingerprint density at radius 3 is 2.50 bits per heavy atom. The number of rotatable bonds is 4. The Balaban J connectivity index is 1.93. The minimum absolute atomic E-state index is 0.236. The number of benzene rings is 2. The Kier molecular flexibility index (Phi) is 3.66. The summed E-state index contributed by atoms with van der Waals surface area (Å²) in [6.07, 6.45) is 1.78. The van der Waals surface area contributed by atoms with Gasteiger partial charge in [0.25, 0.3) is 0 Å². The molecular formula is C15H14BN2O4+. The number of aromatic amines is 1. The summed E-state index contributed by atoms with van der Waals surface area (Å²) in [6.45, 7) is 0.547. The molecule has 3 aromatic rings. The normalized spacial score (nSPS) is 10.8. The summed E-state index contributed by atoms with van der Waals surface area (Å²) >= 11 is 0. The van der Waals surface area contributed by atoms with E-state index in [4.69, 9.17) is 15.2 Å². The molecule has 3 rings (SSSR count). The van der Waals surface area contributed by atoms with Gasteiger partial charge >= 0.3 is 13.1 Å². The lowest BCUT2D eigenvalue weighted by molar-refractivity contribution is -0.662. The van der Waals surface area contributed by atoms with Crippen LogP contribution in [0.15, 0.2) is 48.8 Å². The van der Waals surface area contributed by atoms with Gasteiger partial charge in [-0.05, 0) is 23.2 Å². The van der Waals surface area contributed by atoms with Gasteiger partial charge in [0.15, 0.2) is 11.0 Å². The summed E-state index contributed by atoms with van der Waals surface area (Å²) in [6, 6.07) is 11.8. The lowest BCUT2D eigenvalue weighted by Crippen LogP contribution is -2.33. The second kappa shape index (κ2) is 5.63. The van der Waals surface area contributed by atoms with Crippen molar-refractivity contribution in [3.8, 4) is 0 Å². The third-order valence-corrected chi connectivity index (χ3v) is 3.56. The number of carbonyl (C=O) groups is 1. The molecule has 0 unspecified atom stereocenters. The van der Waals surface area contributed by atoms with Crippen LogP contribution in [0.2, 0.25) is 0 Å². The van der Waals surface area contributed by atoms with E-state index in [2.05, 4.69) is 4.98 Å². The van der Waals surface area contributed by atoms with E-state index in [9.17, 15) is 4.79 Å². The van der Waals surface area contributed by atoms with E-state index in [1.165, 1.54) is 0 Å². The first-order chi connectivity index (χ1) is 10.5. The van der Waals surface area contributed by atoms with E-state index in [0.29, 0.717) is 12.0 Å². The number of nitrogens with zero attached hydrogens (tertiary/aromatic N) is 1. The Bertz CT molecular complexity index is 827. The fourth-order valence-electron chi connectivity index (χ4n) is 2.36. The van der Waals surface area contributed by atoms with Gasteiger partial charge in [-0.25, -0.2) is 14.3 Å². The summed E-state index contributed by atoms with van der Waals surface area (Å²) < 4.78 is 1.91. The predicted molar refractivity (Wildman–Crippen MR) is 80.8 cm³/mol. The summed E-state index contributed by atoms with van der Waals surface area (Å²) in [5.74, 6) is -0.962. The lowest BCUT2D eigenvalue weighted by atomic mass is 9.80. The zero-order valence-electron chi connectivity index (χ0n) is 11.6. The number of hydrogen-bond acceptors (Lipinski definition) is 3. The maximum absolute atomic E-state index is 11.1. The van der Waals surface area contributed by atoms with Gasteiger partial charge in [0.2, 0.25) is 6.33 Å². The molecule has 110 valence electrons. The average Bonchev–Trinajstić information content (AvgIpc) is 2.90. The van der Waals surface area contributed by atoms with Crippen LogP contribution in [-0.2, 0) is 6.54 Å². The van der Waals surface area contributed by atoms with E-state index in [0.717, 1.165) is 16.6 Å². The van der Waals surface area contributed by atoms with Gasteiger partial charge in [-0.15, -0.1) is 0 Å². The number of imidazole rings is 1. The van der Waals surface area contributed by atoms with Gasteiger partial charge in [0.1, 0.15) is 6.54 Å². The highest BCUT2D eigenvalue weighted by atomic mass is 16.4. The van der Waals surface area contributed by atoms with Gasteiger partial charge < -0.3 is 15.2 Å². The van der Waals surface area contributed by atoms with E-state index in [1.807, 2.05) is 16.7 Å². The molecule has 0 atom stereocenters. The van der Waals surface area contributed by atoms with E-state index in [-0.39, 0.29) is 5.56 Å². The van der Waals surface area contributed by atoms with Gasteiger partial charge in [-0.2, -0.15) is 0 Å². The van der Waals surface area contributed by atoms with E-state index < -0.39 is 13.1 Å². The lowest BCUT2D eigenvalue weighted by Gasteiger charge is -2.02. The number of H-pyrrole nitrogens is 1. The summed E-state index contributed by atoms with van der Waals surface area (Å²) in [4.78, 5) is 14.2. The molecule has 7 heteroatoms. The molecule has 0 aliphatic rings. The highest BCUT2D eigenvalue weighted by Crippen LogP contribution is 2.11. The number of aromatic carboxylic acids is 1. The number of carboxylic acids is 1. The predicted octanol–water partition coefficient (Wildman–Crippen LogP) is -0.118. The first kappa shape index (κ1) is 14.3. The van der Waals surface area contributed by atoms with E-state index in [1.54, 1.807) is 36.7 Å². The topological polar surface area (TPSA) is 97.4 Å². The molecule has 0 spiro atoms. The molecule has 4 N–H and O–H groups in total. The van der Waals surface area contributed by atoms with Crippen molar-refractivity contribution in [3.05, 3.63) is 59.9 Å². The van der Waals surface area contributed by atoms with Crippen molar-refractivity contribution < 1.29 is 24.5 Å². The molecule has 1 aromatic heterocycles. The van der Waals surface area contributed by atoms with Gasteiger partial charge in [-0.1, -0.05) is 24.3 Å². The molecule has 0 saturated carbocycles. The van der Waals surface area contributed by atoms with Crippen molar-refractivity contribution in [1.29, 1.82) is 0 Å². The molecule has 0 amide bonds. The third kappa shape index (κ3) is 2.72. The number of aromatic nitrogens is 2. The molecule has 0 aliphatic heterocycles. The molecule has 0 radical (unpaired) electrons. The first-order valence-corrected chi connectivity index (χ1v) is 6.73. The molecule has 2 aromatic carbocycles. The number of fused-ring (bicyclic) bond motifs is 1. The SMILES string of the molecule is O=C(O)c1ccc2[nH]c[n+](Cc3ccc(B(O)O)cc3)c2c1. The maximum Gasteiger partial charge on any atom is 0.488 e. The molecule has 0 bridgehead atoms. The van der Waals surface area contributed by atoms with Crippen molar-refractivity contribution in [1.82, 2.24) is 4.98 Å². The Hall–Kier alpha value is -2.64. The third-order valence-electron chi connectivity index (χ3n) is 3.56. The highest BCUT2D eigenvalue weighted by Gasteiger charge is 2.14. The molecule has 0 aliphatic carbocycles. The smallest absolute Gasteiger partial charge is 0.478 e. The minimum atomic E-state index is -1.48. The van der Waals surface area contributed by atoms with Gasteiger partial charge in [-0.3, -0.25) is 0 Å². The van der Waals surface area contributed by atoms with Crippen molar-refractivity contribution in [2.24, 2.45) is 0 Å². The fourth-order valence-corrected chi connectivity index (χ4v) is 2.36. The highest BCUT2D eigenvalue weighted by molar-refractivity contribution is 6.58. The number of carboxylic acid groups (broad SMARTS) is 1. The molecule has 22 heavy (non-hydrogen) atoms. The monoisotopic (exact) mass is 297 g/mol. The summed E-state index contributed by atoms with van der Waals surface area (Å²) in [5, 5.41) is 27.2. The van der Waals surface area contributed by atoms with Crippen LogP contribution in [0.25, 0.3) is 11.0 Å². The summed E-state index contributed by atoms with van der Waals surface area (Å²) in [5.41, 5.74) is 3.29. The maximum atomic E-state index is 11.1. The molecule has 1 heterocycles. The Morgan fingerprint density at radius 1 is 1.14 bits per heavy atom. The van der Waals surface area contributed by atoms with Gasteiger partial charge in [0, 0.05) is 6.07 Å². The first-order valence-electron chi connectivity index (χ1n) is 6.73. The van der Waals surface area contributed by atoms with Crippen LogP contribution in [0, 0.1) is 0 Å². The molecular weight excluding hydrogens is 283 g/mol. The van der Waals surface area contributed by atoms with Crippen LogP contribution < -0.4 is 10.0 Å². The number of hydrogen-bond donors (Lipinski definition) is 4. The molecule has 0 saturated heterocycles. The second-order valence-corrected chi connectivity index (χ2v) is 5.05. The van der Waals surface area contributed by atoms with Crippen LogP contribution in [-0.4, -0.2) is 33.2 Å². The van der Waals surface area contributed by atoms with Crippen molar-refractivity contribution in [2.45, 2.75) is 6.54 Å². The van der Waals surface area contributed by atoms with Crippen LogP contribution in [0.3, 0.4) is 0 Å². The summed E-state index contributed by atoms with van der Waals surface area (Å²) in [7, 11) is -1.48. The largest absolute Gasteiger partial charge is 0.488 e. The van der Waals surface area contributed by atoms with E-state index >= 15 is 0 Å². The van der Waals surface area contributed by atoms with Crippen molar-refractivity contribution >= 4 is 29.6 Å². The quantitative estimate of drug-likeness (QED) is 0.399. The second-order valence-electron chi connectivity index (χ2n) is 5.05. The average molecular weight is 297 g/mol. The van der Waals surface area contributed by atoms with Gasteiger partial charge in [0.05, 0.1) is 5.56 Å². The van der Waals surface area contributed by atoms with Crippen LogP contribution in [0.5, 0.6) is 0 Å². The zero-order chi connectivity index (χ0) is 15.7. The van der Waals surface area contributed by atoms with Crippen LogP contribution in [0.4, 0.5) is 0 Å². The molecule has 6 nitrogen and oxygen atoms in total. The van der Waals surface area contributed by atoms with Crippen LogP contribution >= 0.6 is 0 Å². The Labute approximate surface area is 126 Å². The standard InChI is InChI=1S/C15H13BN2O4/c19-15(20)11-3-6-13-14(7-11)18(9-17-13)8-10-1-4-12(5-2-10)16(21)22/h1-7,9,21-22H,8H2,(H,19,20)/p+1. The zero-order valence-corrected chi connectivity index (χ0v) is 11.6. The van der Waals surface area contributed by atoms with Crippen LogP contribution in [0.1, 0.15) is 15.9 Å². The molecule has 0 fully saturated rings. The fraction of sp³-hybridized carbons (Fsp3) is 0.0667. The van der Waals surface area contributed by atoms with Crippen molar-refractivity contribution in [2.75, 3.05) is 0 Å².